The van der Waals surface area contributed by atoms with E-state index in [0.717, 1.165) is 0 Å². The van der Waals surface area contributed by atoms with E-state index < -0.39 is 11.7 Å². The maximum atomic E-state index is 12.8. The highest BCUT2D eigenvalue weighted by Crippen LogP contribution is 2.10. The van der Waals surface area contributed by atoms with E-state index in [0.29, 0.717) is 5.56 Å². The number of carbonyl (C=O) groups is 1. The molecule has 0 radical (unpaired) electrons. The first kappa shape index (κ1) is 11.1. The lowest BCUT2D eigenvalue weighted by Crippen LogP contribution is -2.27. The van der Waals surface area contributed by atoms with Gasteiger partial charge in [0.1, 0.15) is 5.82 Å². The van der Waals surface area contributed by atoms with Crippen molar-refractivity contribution < 1.29 is 14.0 Å². The molecule has 1 heterocycles. The van der Waals surface area contributed by atoms with Crippen LogP contribution in [0.3, 0.4) is 0 Å². The van der Waals surface area contributed by atoms with Gasteiger partial charge >= 0.3 is 0 Å². The van der Waals surface area contributed by atoms with Gasteiger partial charge in [0, 0.05) is 18.5 Å². The molecule has 0 spiro atoms. The molecule has 1 aromatic carbocycles. The van der Waals surface area contributed by atoms with Crippen molar-refractivity contribution in [3.63, 3.8) is 0 Å². The smallest absolute Gasteiger partial charge is 0.285 e. The Balaban J connectivity index is 1.97. The molecule has 0 unspecified atom stereocenters. The van der Waals surface area contributed by atoms with Crippen LogP contribution in [0.5, 0.6) is 5.75 Å². The molecule has 0 aliphatic rings. The number of nitrogens with zero attached hydrogens (tertiary/aromatic N) is 1. The third-order valence-electron chi connectivity index (χ3n) is 1.98. The summed E-state index contributed by atoms with van der Waals surface area (Å²) in [6.45, 7) is 0. The topological polar surface area (TPSA) is 51.2 Å². The average molecular weight is 232 g/mol. The van der Waals surface area contributed by atoms with Gasteiger partial charge in [-0.2, -0.15) is 5.48 Å². The first-order chi connectivity index (χ1) is 8.25. The Kier molecular flexibility index (Phi) is 3.30. The minimum Gasteiger partial charge on any atom is -0.379 e. The van der Waals surface area contributed by atoms with Crippen LogP contribution in [0.4, 0.5) is 4.39 Å². The Morgan fingerprint density at radius 1 is 1.29 bits per heavy atom. The maximum absolute atomic E-state index is 12.8. The molecular formula is C12H9FN2O2. The van der Waals surface area contributed by atoms with E-state index >= 15 is 0 Å². The Morgan fingerprint density at radius 3 is 2.88 bits per heavy atom. The SMILES string of the molecule is O=C(NOc1cccc(F)c1)c1cccnc1. The molecule has 5 heteroatoms. The lowest BCUT2D eigenvalue weighted by atomic mass is 10.3. The number of halogens is 1. The Bertz CT molecular complexity index is 517. The van der Waals surface area contributed by atoms with E-state index in [1.165, 1.54) is 30.5 Å². The number of aromatic nitrogens is 1. The highest BCUT2D eigenvalue weighted by atomic mass is 19.1. The van der Waals surface area contributed by atoms with Crippen LogP contribution in [-0.4, -0.2) is 10.9 Å². The number of hydrogen-bond donors (Lipinski definition) is 1. The van der Waals surface area contributed by atoms with E-state index in [1.807, 2.05) is 0 Å². The predicted octanol–water partition coefficient (Wildman–Crippen LogP) is 1.94. The van der Waals surface area contributed by atoms with Crippen molar-refractivity contribution in [1.82, 2.24) is 10.5 Å². The number of pyridine rings is 1. The summed E-state index contributed by atoms with van der Waals surface area (Å²) < 4.78 is 12.8. The molecule has 0 bridgehead atoms. The second-order valence-electron chi connectivity index (χ2n) is 3.23. The number of hydroxylamine groups is 1. The molecular weight excluding hydrogens is 223 g/mol. The summed E-state index contributed by atoms with van der Waals surface area (Å²) in [5, 5.41) is 0. The van der Waals surface area contributed by atoms with Crippen LogP contribution in [0.1, 0.15) is 10.4 Å². The molecule has 2 rings (SSSR count). The molecule has 0 atom stereocenters. The van der Waals surface area contributed by atoms with Gasteiger partial charge in [-0.25, -0.2) is 4.39 Å². The zero-order valence-corrected chi connectivity index (χ0v) is 8.76. The summed E-state index contributed by atoms with van der Waals surface area (Å²) in [5.41, 5.74) is 2.56. The number of amides is 1. The van der Waals surface area contributed by atoms with Gasteiger partial charge in [0.05, 0.1) is 5.56 Å². The monoisotopic (exact) mass is 232 g/mol. The number of rotatable bonds is 3. The van der Waals surface area contributed by atoms with Gasteiger partial charge in [0.25, 0.3) is 5.91 Å². The van der Waals surface area contributed by atoms with E-state index in [4.69, 9.17) is 4.84 Å². The van der Waals surface area contributed by atoms with Crippen LogP contribution in [0, 0.1) is 5.82 Å². The minimum absolute atomic E-state index is 0.224. The normalized spacial score (nSPS) is 9.71. The van der Waals surface area contributed by atoms with Crippen LogP contribution in [0.2, 0.25) is 0 Å². The molecule has 0 fully saturated rings. The van der Waals surface area contributed by atoms with Gasteiger partial charge in [-0.15, -0.1) is 0 Å². The van der Waals surface area contributed by atoms with Gasteiger partial charge in [0.2, 0.25) is 0 Å². The Morgan fingerprint density at radius 2 is 2.18 bits per heavy atom. The van der Waals surface area contributed by atoms with Crippen molar-refractivity contribution in [2.75, 3.05) is 0 Å². The molecule has 0 aliphatic carbocycles. The Labute approximate surface area is 97.0 Å². The van der Waals surface area contributed by atoms with E-state index in [9.17, 15) is 9.18 Å². The van der Waals surface area contributed by atoms with Gasteiger partial charge in [-0.05, 0) is 24.3 Å². The lowest BCUT2D eigenvalue weighted by Gasteiger charge is -2.06. The zero-order chi connectivity index (χ0) is 12.1. The molecule has 0 aliphatic heterocycles. The van der Waals surface area contributed by atoms with E-state index in [2.05, 4.69) is 10.5 Å². The van der Waals surface area contributed by atoms with Crippen LogP contribution >= 0.6 is 0 Å². The second kappa shape index (κ2) is 5.07. The molecule has 1 N–H and O–H groups in total. The molecule has 86 valence electrons. The average Bonchev–Trinajstić information content (AvgIpc) is 2.37. The molecule has 0 saturated heterocycles. The number of nitrogens with one attached hydrogen (secondary N) is 1. The second-order valence-corrected chi connectivity index (χ2v) is 3.23. The summed E-state index contributed by atoms with van der Waals surface area (Å²) >= 11 is 0. The summed E-state index contributed by atoms with van der Waals surface area (Å²) in [5.74, 6) is -0.650. The molecule has 4 nitrogen and oxygen atoms in total. The first-order valence-electron chi connectivity index (χ1n) is 4.88. The zero-order valence-electron chi connectivity index (χ0n) is 8.76. The van der Waals surface area contributed by atoms with E-state index in [-0.39, 0.29) is 5.75 Å². The molecule has 2 aromatic rings. The third-order valence-corrected chi connectivity index (χ3v) is 1.98. The van der Waals surface area contributed by atoms with Crippen molar-refractivity contribution in [3.8, 4) is 5.75 Å². The summed E-state index contributed by atoms with van der Waals surface area (Å²) in [7, 11) is 0. The molecule has 1 aromatic heterocycles. The predicted molar refractivity (Wildman–Crippen MR) is 58.7 cm³/mol. The fraction of sp³-hybridized carbons (Fsp3) is 0. The summed E-state index contributed by atoms with van der Waals surface area (Å²) in [4.78, 5) is 20.3. The quantitative estimate of drug-likeness (QED) is 0.823. The summed E-state index contributed by atoms with van der Waals surface area (Å²) in [6.07, 6.45) is 2.97. The third kappa shape index (κ3) is 3.01. The highest BCUT2D eigenvalue weighted by Gasteiger charge is 2.05. The fourth-order valence-corrected chi connectivity index (χ4v) is 1.19. The van der Waals surface area contributed by atoms with Crippen LogP contribution in [0.15, 0.2) is 48.8 Å². The molecule has 17 heavy (non-hydrogen) atoms. The number of hydrogen-bond acceptors (Lipinski definition) is 3. The molecule has 0 saturated carbocycles. The van der Waals surface area contributed by atoms with Crippen molar-refractivity contribution in [3.05, 3.63) is 60.2 Å². The maximum Gasteiger partial charge on any atom is 0.285 e. The van der Waals surface area contributed by atoms with Gasteiger partial charge in [0.15, 0.2) is 5.75 Å². The van der Waals surface area contributed by atoms with Crippen molar-refractivity contribution in [2.24, 2.45) is 0 Å². The van der Waals surface area contributed by atoms with Crippen molar-refractivity contribution in [1.29, 1.82) is 0 Å². The van der Waals surface area contributed by atoms with E-state index in [1.54, 1.807) is 18.3 Å². The van der Waals surface area contributed by atoms with Gasteiger partial charge < -0.3 is 4.84 Å². The number of carbonyl (C=O) groups excluding carboxylic acids is 1. The lowest BCUT2D eigenvalue weighted by molar-refractivity contribution is 0.0759. The van der Waals surface area contributed by atoms with Crippen molar-refractivity contribution >= 4 is 5.91 Å². The molecule has 1 amide bonds. The first-order valence-corrected chi connectivity index (χ1v) is 4.88. The van der Waals surface area contributed by atoms with Crippen LogP contribution in [-0.2, 0) is 0 Å². The number of benzene rings is 1. The van der Waals surface area contributed by atoms with Gasteiger partial charge in [-0.1, -0.05) is 6.07 Å². The van der Waals surface area contributed by atoms with Crippen molar-refractivity contribution in [2.45, 2.75) is 0 Å². The fourth-order valence-electron chi connectivity index (χ4n) is 1.19. The minimum atomic E-state index is -0.442. The van der Waals surface area contributed by atoms with Crippen LogP contribution < -0.4 is 10.3 Å². The summed E-state index contributed by atoms with van der Waals surface area (Å²) in [6, 6.07) is 8.71. The highest BCUT2D eigenvalue weighted by molar-refractivity contribution is 5.93. The van der Waals surface area contributed by atoms with Gasteiger partial charge in [-0.3, -0.25) is 9.78 Å². The standard InChI is InChI=1S/C12H9FN2O2/c13-10-4-1-5-11(7-10)17-15-12(16)9-3-2-6-14-8-9/h1-8H,(H,15,16). The largest absolute Gasteiger partial charge is 0.379 e. The van der Waals surface area contributed by atoms with Crippen LogP contribution in [0.25, 0.3) is 0 Å². The Hall–Kier alpha value is -2.43.